The number of hydrogen-bond acceptors (Lipinski definition) is 10. The topological polar surface area (TPSA) is 265 Å². The Balaban J connectivity index is 2.59. The standard InChI is InChI=1S/C21H37F2N5O10/c1-9(16(33)27-10(2)18(35)36)26-17(34)12(28-24)5-3-4-6-25-19(37)21(22,23)20(38)7-11(8-29)13(30)14(31)15(20)32/h9-15,28-32,38H,3-8,24H2,1-2H3,(H,25,37)(H,26,34)(H,27,33)(H,35,36)/p+1/t9-,10-,11+,12-,13-,14-,15+,20?/m0/s1. The molecule has 0 saturated heterocycles. The van der Waals surface area contributed by atoms with Gasteiger partial charge < -0.3 is 46.6 Å². The summed E-state index contributed by atoms with van der Waals surface area (Å²) in [7, 11) is 0. The zero-order valence-electron chi connectivity index (χ0n) is 21.1. The van der Waals surface area contributed by atoms with E-state index in [9.17, 15) is 53.5 Å². The van der Waals surface area contributed by atoms with E-state index in [0.29, 0.717) is 0 Å². The number of carbonyl (C=O) groups excluding carboxylic acids is 3. The number of unbranched alkanes of at least 4 members (excludes halogenated alkanes) is 1. The Hall–Kier alpha value is -2.54. The first-order valence-corrected chi connectivity index (χ1v) is 11.9. The predicted octanol–water partition coefficient (Wildman–Crippen LogP) is -5.06. The minimum Gasteiger partial charge on any atom is -0.480 e. The molecule has 0 spiro atoms. The lowest BCUT2D eigenvalue weighted by Crippen LogP contribution is -2.71. The van der Waals surface area contributed by atoms with Crippen LogP contribution in [-0.2, 0) is 19.2 Å². The van der Waals surface area contributed by atoms with Crippen LogP contribution in [0.2, 0.25) is 0 Å². The van der Waals surface area contributed by atoms with Gasteiger partial charge in [-0.2, -0.15) is 14.2 Å². The lowest BCUT2D eigenvalue weighted by Gasteiger charge is -2.47. The van der Waals surface area contributed by atoms with Crippen LogP contribution in [0.15, 0.2) is 0 Å². The molecule has 0 bridgehead atoms. The summed E-state index contributed by atoms with van der Waals surface area (Å²) >= 11 is 0. The Morgan fingerprint density at radius 1 is 1.03 bits per heavy atom. The van der Waals surface area contributed by atoms with Crippen LogP contribution < -0.4 is 27.2 Å². The molecule has 1 unspecified atom stereocenters. The van der Waals surface area contributed by atoms with Crippen molar-refractivity contribution < 1.29 is 64.4 Å². The van der Waals surface area contributed by atoms with Crippen LogP contribution in [0.25, 0.3) is 0 Å². The summed E-state index contributed by atoms with van der Waals surface area (Å²) in [6.07, 6.45) is -7.20. The molecule has 13 N–H and O–H groups in total. The zero-order chi connectivity index (χ0) is 29.4. The second-order valence-corrected chi connectivity index (χ2v) is 9.38. The molecule has 0 aromatic carbocycles. The molecule has 0 radical (unpaired) electrons. The van der Waals surface area contributed by atoms with Crippen LogP contribution in [0.3, 0.4) is 0 Å². The number of aliphatic carboxylic acids is 1. The fourth-order valence-electron chi connectivity index (χ4n) is 3.96. The van der Waals surface area contributed by atoms with Gasteiger partial charge in [-0.1, -0.05) is 0 Å². The van der Waals surface area contributed by atoms with E-state index >= 15 is 0 Å². The maximum absolute atomic E-state index is 14.8. The van der Waals surface area contributed by atoms with E-state index in [1.807, 2.05) is 5.32 Å². The number of alkyl halides is 2. The number of nitrogens with one attached hydrogen (secondary N) is 4. The van der Waals surface area contributed by atoms with Crippen LogP contribution >= 0.6 is 0 Å². The summed E-state index contributed by atoms with van der Waals surface area (Å²) in [6, 6.07) is -3.13. The third-order valence-corrected chi connectivity index (χ3v) is 6.53. The summed E-state index contributed by atoms with van der Waals surface area (Å²) in [4.78, 5) is 47.3. The zero-order valence-corrected chi connectivity index (χ0v) is 21.1. The molecule has 1 fully saturated rings. The predicted molar refractivity (Wildman–Crippen MR) is 123 cm³/mol. The molecule has 0 aliphatic heterocycles. The van der Waals surface area contributed by atoms with Crippen molar-refractivity contribution in [3.8, 4) is 0 Å². The van der Waals surface area contributed by atoms with E-state index in [1.165, 1.54) is 13.8 Å². The molecule has 1 saturated carbocycles. The molecule has 3 amide bonds. The van der Waals surface area contributed by atoms with Crippen molar-refractivity contribution in [2.75, 3.05) is 13.2 Å². The highest BCUT2D eigenvalue weighted by atomic mass is 19.3. The maximum atomic E-state index is 14.8. The Morgan fingerprint density at radius 3 is 2.13 bits per heavy atom. The van der Waals surface area contributed by atoms with Crippen LogP contribution in [0.1, 0.15) is 39.5 Å². The highest BCUT2D eigenvalue weighted by molar-refractivity contribution is 5.91. The Labute approximate surface area is 216 Å². The highest BCUT2D eigenvalue weighted by Crippen LogP contribution is 2.43. The number of aliphatic hydroxyl groups excluding tert-OH is 4. The number of halogens is 2. The summed E-state index contributed by atoms with van der Waals surface area (Å²) in [6.45, 7) is 1.40. The van der Waals surface area contributed by atoms with Gasteiger partial charge in [0.1, 0.15) is 30.3 Å². The van der Waals surface area contributed by atoms with Gasteiger partial charge in [-0.25, -0.2) is 0 Å². The number of amides is 3. The first-order valence-electron chi connectivity index (χ1n) is 11.9. The van der Waals surface area contributed by atoms with Crippen LogP contribution in [-0.4, -0.2) is 115 Å². The van der Waals surface area contributed by atoms with E-state index in [2.05, 4.69) is 21.9 Å². The SMILES string of the molecule is C[C@H](NC(=O)[C@H](C)NC(=O)[C@H](CCCCNC(=O)C(F)(F)C1(O)C[C@H](CO)[C@H](O)[C@H](O)[C@H]1O)N[NH3+])C(=O)O. The third kappa shape index (κ3) is 7.75. The number of quaternary nitrogens is 1. The largest absolute Gasteiger partial charge is 0.480 e. The van der Waals surface area contributed by atoms with Crippen molar-refractivity contribution in [2.24, 2.45) is 5.92 Å². The van der Waals surface area contributed by atoms with Gasteiger partial charge in [-0.3, -0.25) is 25.0 Å². The van der Waals surface area contributed by atoms with Crippen LogP contribution in [0.5, 0.6) is 0 Å². The summed E-state index contributed by atoms with van der Waals surface area (Å²) in [5, 5.41) is 64.6. The highest BCUT2D eigenvalue weighted by Gasteiger charge is 2.67. The molecule has 0 aromatic rings. The van der Waals surface area contributed by atoms with Crippen molar-refractivity contribution in [2.45, 2.75) is 87.5 Å². The Bertz CT molecular complexity index is 851. The Kier molecular flexibility index (Phi) is 12.4. The van der Waals surface area contributed by atoms with E-state index in [1.54, 1.807) is 0 Å². The van der Waals surface area contributed by atoms with Crippen molar-refractivity contribution in [1.29, 1.82) is 0 Å². The first kappa shape index (κ1) is 33.5. The number of carboxylic acid groups (broad SMARTS) is 1. The van der Waals surface area contributed by atoms with Crippen molar-refractivity contribution in [3.05, 3.63) is 0 Å². The number of aliphatic hydroxyl groups is 5. The molecule has 38 heavy (non-hydrogen) atoms. The molecule has 1 rings (SSSR count). The van der Waals surface area contributed by atoms with Crippen LogP contribution in [0, 0.1) is 5.92 Å². The van der Waals surface area contributed by atoms with Gasteiger partial charge in [0.25, 0.3) is 5.91 Å². The van der Waals surface area contributed by atoms with Crippen molar-refractivity contribution in [3.63, 3.8) is 0 Å². The maximum Gasteiger partial charge on any atom is 0.355 e. The van der Waals surface area contributed by atoms with E-state index in [0.717, 1.165) is 0 Å². The summed E-state index contributed by atoms with van der Waals surface area (Å²) < 4.78 is 29.6. The normalized spacial score (nSPS) is 28.1. The van der Waals surface area contributed by atoms with Gasteiger partial charge in [0.05, 0.1) is 6.10 Å². The number of carboxylic acids is 1. The number of rotatable bonds is 14. The quantitative estimate of drug-likeness (QED) is 0.0709. The number of hydrogen-bond donors (Lipinski definition) is 11. The molecular formula is C21H38F2N5O10+. The average molecular weight is 559 g/mol. The molecule has 0 aromatic heterocycles. The second-order valence-electron chi connectivity index (χ2n) is 9.38. The van der Waals surface area contributed by atoms with Crippen molar-refractivity contribution in [1.82, 2.24) is 21.4 Å². The Morgan fingerprint density at radius 2 is 1.61 bits per heavy atom. The van der Waals surface area contributed by atoms with E-state index in [4.69, 9.17) is 5.11 Å². The lowest BCUT2D eigenvalue weighted by molar-refractivity contribution is -0.449. The van der Waals surface area contributed by atoms with Gasteiger partial charge in [0.15, 0.2) is 5.60 Å². The molecular weight excluding hydrogens is 520 g/mol. The van der Waals surface area contributed by atoms with Gasteiger partial charge in [-0.05, 0) is 39.5 Å². The molecule has 0 heterocycles. The lowest BCUT2D eigenvalue weighted by atomic mass is 9.69. The van der Waals surface area contributed by atoms with Gasteiger partial charge in [0.2, 0.25) is 11.8 Å². The molecule has 15 nitrogen and oxygen atoms in total. The van der Waals surface area contributed by atoms with Crippen LogP contribution in [0.4, 0.5) is 8.78 Å². The van der Waals surface area contributed by atoms with Gasteiger partial charge >= 0.3 is 11.9 Å². The monoisotopic (exact) mass is 558 g/mol. The summed E-state index contributed by atoms with van der Waals surface area (Å²) in [5.41, 5.74) is -0.970. The van der Waals surface area contributed by atoms with E-state index in [-0.39, 0.29) is 25.8 Å². The fraction of sp³-hybridized carbons (Fsp3) is 0.810. The van der Waals surface area contributed by atoms with Gasteiger partial charge in [0, 0.05) is 19.1 Å². The molecule has 1 aliphatic rings. The third-order valence-electron chi connectivity index (χ3n) is 6.53. The minimum absolute atomic E-state index is 0.0982. The second kappa shape index (κ2) is 14.0. The molecule has 1 aliphatic carbocycles. The minimum atomic E-state index is -4.59. The summed E-state index contributed by atoms with van der Waals surface area (Å²) in [5.74, 6) is -7.14. The average Bonchev–Trinajstić information content (AvgIpc) is 2.86. The molecule has 17 heteroatoms. The van der Waals surface area contributed by atoms with E-state index < -0.39 is 90.6 Å². The smallest absolute Gasteiger partial charge is 0.355 e. The number of carbonyl (C=O) groups is 4. The first-order chi connectivity index (χ1) is 17.5. The molecule has 8 atom stereocenters. The molecule has 220 valence electrons. The van der Waals surface area contributed by atoms with Crippen molar-refractivity contribution >= 4 is 23.7 Å². The van der Waals surface area contributed by atoms with Gasteiger partial charge in [-0.15, -0.1) is 0 Å². The fourth-order valence-corrected chi connectivity index (χ4v) is 3.96.